The molecule has 0 aliphatic heterocycles. The van der Waals surface area contributed by atoms with E-state index in [0.717, 1.165) is 12.1 Å². The van der Waals surface area contributed by atoms with E-state index >= 15 is 0 Å². The summed E-state index contributed by atoms with van der Waals surface area (Å²) in [6, 6.07) is 9.80. The molecule has 0 saturated heterocycles. The number of hydrogen-bond donors (Lipinski definition) is 3. The number of amides is 2. The summed E-state index contributed by atoms with van der Waals surface area (Å²) in [6.07, 6.45) is -0.0255. The Balaban J connectivity index is 2.01. The maximum atomic E-state index is 12.4. The van der Waals surface area contributed by atoms with E-state index in [9.17, 15) is 28.1 Å². The van der Waals surface area contributed by atoms with E-state index in [0.29, 0.717) is 24.3 Å². The van der Waals surface area contributed by atoms with Crippen LogP contribution in [0.3, 0.4) is 0 Å². The Morgan fingerprint density at radius 1 is 1.12 bits per heavy atom. The number of nitro groups is 1. The van der Waals surface area contributed by atoms with Gasteiger partial charge in [0.05, 0.1) is 9.82 Å². The van der Waals surface area contributed by atoms with Crippen molar-refractivity contribution in [3.63, 3.8) is 0 Å². The molecular formula is C20H25N5O6S. The third kappa shape index (κ3) is 6.49. The first-order valence-electron chi connectivity index (χ1n) is 9.81. The second-order valence-electron chi connectivity index (χ2n) is 6.76. The van der Waals surface area contributed by atoms with Crippen molar-refractivity contribution < 1.29 is 22.9 Å². The van der Waals surface area contributed by atoms with Crippen LogP contribution in [0, 0.1) is 10.1 Å². The fourth-order valence-electron chi connectivity index (χ4n) is 2.95. The average Bonchev–Trinajstić information content (AvgIpc) is 2.74. The van der Waals surface area contributed by atoms with E-state index in [1.807, 2.05) is 13.8 Å². The molecule has 2 amide bonds. The molecule has 0 aromatic heterocycles. The standard InChI is InChI=1S/C20H25N5O6S/c1-3-24(4-2)20(27)14-6-5-7-15(12-14)23-19(26)10-11-22-17-9-8-16(32(21,30)31)13-18(17)25(28)29/h5-9,12-13,22H,3-4,10-11H2,1-2H3,(H,23,26)(H2,21,30,31). The van der Waals surface area contributed by atoms with Gasteiger partial charge in [-0.1, -0.05) is 6.07 Å². The fraction of sp³-hybridized carbons (Fsp3) is 0.300. The number of anilines is 2. The predicted octanol–water partition coefficient (Wildman–Crippen LogP) is 2.16. The van der Waals surface area contributed by atoms with Gasteiger partial charge >= 0.3 is 0 Å². The van der Waals surface area contributed by atoms with Crippen molar-refractivity contribution in [2.75, 3.05) is 30.3 Å². The number of hydrogen-bond acceptors (Lipinski definition) is 7. The van der Waals surface area contributed by atoms with Gasteiger partial charge in [-0.15, -0.1) is 0 Å². The molecule has 0 bridgehead atoms. The second kappa shape index (κ2) is 10.7. The minimum absolute atomic E-state index is 0.0255. The van der Waals surface area contributed by atoms with Gasteiger partial charge in [0.25, 0.3) is 11.6 Å². The molecule has 172 valence electrons. The summed E-state index contributed by atoms with van der Waals surface area (Å²) in [7, 11) is -4.09. The number of sulfonamides is 1. The van der Waals surface area contributed by atoms with Crippen LogP contribution in [0.1, 0.15) is 30.6 Å². The van der Waals surface area contributed by atoms with Crippen LogP contribution in [0.4, 0.5) is 17.1 Å². The summed E-state index contributed by atoms with van der Waals surface area (Å²) in [5, 5.41) is 21.7. The Hall–Kier alpha value is -3.51. The van der Waals surface area contributed by atoms with Gasteiger partial charge in [-0.2, -0.15) is 0 Å². The van der Waals surface area contributed by atoms with Crippen molar-refractivity contribution in [3.8, 4) is 0 Å². The summed E-state index contributed by atoms with van der Waals surface area (Å²) in [5.74, 6) is -0.503. The third-order valence-electron chi connectivity index (χ3n) is 4.61. The Kier molecular flexibility index (Phi) is 8.27. The average molecular weight is 464 g/mol. The molecule has 2 aromatic carbocycles. The lowest BCUT2D eigenvalue weighted by Gasteiger charge is -2.19. The Labute approximate surface area is 185 Å². The molecule has 0 aliphatic carbocycles. The van der Waals surface area contributed by atoms with Crippen LogP contribution in [0.15, 0.2) is 47.4 Å². The van der Waals surface area contributed by atoms with Crippen molar-refractivity contribution in [2.24, 2.45) is 5.14 Å². The molecule has 2 aromatic rings. The maximum absolute atomic E-state index is 12.4. The molecular weight excluding hydrogens is 438 g/mol. The summed E-state index contributed by atoms with van der Waals surface area (Å²) < 4.78 is 22.8. The Bertz CT molecular complexity index is 1120. The summed E-state index contributed by atoms with van der Waals surface area (Å²) in [5.41, 5.74) is 0.494. The van der Waals surface area contributed by atoms with Gasteiger partial charge in [0.1, 0.15) is 5.69 Å². The number of primary sulfonamides is 1. The van der Waals surface area contributed by atoms with Crippen LogP contribution >= 0.6 is 0 Å². The van der Waals surface area contributed by atoms with E-state index in [-0.39, 0.29) is 35.4 Å². The number of nitrogens with one attached hydrogen (secondary N) is 2. The second-order valence-corrected chi connectivity index (χ2v) is 8.33. The number of nitro benzene ring substituents is 1. The third-order valence-corrected chi connectivity index (χ3v) is 5.52. The molecule has 11 nitrogen and oxygen atoms in total. The fourth-order valence-corrected chi connectivity index (χ4v) is 3.48. The first-order valence-corrected chi connectivity index (χ1v) is 11.4. The van der Waals surface area contributed by atoms with Crippen LogP contribution in [-0.4, -0.2) is 49.7 Å². The van der Waals surface area contributed by atoms with Gasteiger partial charge in [-0.3, -0.25) is 19.7 Å². The molecule has 0 radical (unpaired) electrons. The number of nitrogens with two attached hydrogens (primary N) is 1. The van der Waals surface area contributed by atoms with Crippen molar-refractivity contribution in [1.82, 2.24) is 4.90 Å². The normalized spacial score (nSPS) is 11.0. The SMILES string of the molecule is CCN(CC)C(=O)c1cccc(NC(=O)CCNc2ccc(S(N)(=O)=O)cc2[N+](=O)[O-])c1. The van der Waals surface area contributed by atoms with Gasteiger partial charge in [0.2, 0.25) is 15.9 Å². The highest BCUT2D eigenvalue weighted by molar-refractivity contribution is 7.89. The lowest BCUT2D eigenvalue weighted by Crippen LogP contribution is -2.30. The summed E-state index contributed by atoms with van der Waals surface area (Å²) >= 11 is 0. The maximum Gasteiger partial charge on any atom is 0.293 e. The monoisotopic (exact) mass is 463 g/mol. The molecule has 2 rings (SSSR count). The molecule has 4 N–H and O–H groups in total. The van der Waals surface area contributed by atoms with Crippen LogP contribution in [0.2, 0.25) is 0 Å². The number of rotatable bonds is 10. The number of benzene rings is 2. The topological polar surface area (TPSA) is 165 Å². The summed E-state index contributed by atoms with van der Waals surface area (Å²) in [6.45, 7) is 4.96. The largest absolute Gasteiger partial charge is 0.379 e. The lowest BCUT2D eigenvalue weighted by molar-refractivity contribution is -0.384. The van der Waals surface area contributed by atoms with E-state index in [2.05, 4.69) is 10.6 Å². The molecule has 0 atom stereocenters. The zero-order valence-electron chi connectivity index (χ0n) is 17.7. The van der Waals surface area contributed by atoms with Crippen LogP contribution in [-0.2, 0) is 14.8 Å². The Morgan fingerprint density at radius 3 is 2.41 bits per heavy atom. The molecule has 0 saturated carbocycles. The Morgan fingerprint density at radius 2 is 1.81 bits per heavy atom. The van der Waals surface area contributed by atoms with E-state index < -0.39 is 20.6 Å². The lowest BCUT2D eigenvalue weighted by atomic mass is 10.1. The van der Waals surface area contributed by atoms with E-state index in [1.54, 1.807) is 29.2 Å². The zero-order chi connectivity index (χ0) is 23.9. The van der Waals surface area contributed by atoms with Crippen molar-refractivity contribution in [3.05, 3.63) is 58.1 Å². The molecule has 0 spiro atoms. The van der Waals surface area contributed by atoms with E-state index in [1.165, 1.54) is 6.07 Å². The highest BCUT2D eigenvalue weighted by atomic mass is 32.2. The molecule has 0 heterocycles. The van der Waals surface area contributed by atoms with Gasteiger partial charge in [-0.05, 0) is 44.2 Å². The number of carbonyl (C=O) groups is 2. The van der Waals surface area contributed by atoms with Crippen molar-refractivity contribution in [1.29, 1.82) is 0 Å². The smallest absolute Gasteiger partial charge is 0.293 e. The first kappa shape index (κ1) is 24.8. The zero-order valence-corrected chi connectivity index (χ0v) is 18.5. The van der Waals surface area contributed by atoms with Crippen LogP contribution < -0.4 is 15.8 Å². The molecule has 0 fully saturated rings. The quantitative estimate of drug-likeness (QED) is 0.359. The van der Waals surface area contributed by atoms with E-state index in [4.69, 9.17) is 5.14 Å². The molecule has 32 heavy (non-hydrogen) atoms. The summed E-state index contributed by atoms with van der Waals surface area (Å²) in [4.78, 5) is 36.5. The molecule has 12 heteroatoms. The van der Waals surface area contributed by atoms with Gasteiger partial charge < -0.3 is 15.5 Å². The molecule has 0 unspecified atom stereocenters. The van der Waals surface area contributed by atoms with Gasteiger partial charge in [0, 0.05) is 43.4 Å². The minimum atomic E-state index is -4.09. The first-order chi connectivity index (χ1) is 15.1. The number of carbonyl (C=O) groups excluding carboxylic acids is 2. The van der Waals surface area contributed by atoms with Crippen LogP contribution in [0.5, 0.6) is 0 Å². The van der Waals surface area contributed by atoms with Crippen molar-refractivity contribution >= 4 is 38.9 Å². The number of nitrogens with zero attached hydrogens (tertiary/aromatic N) is 2. The van der Waals surface area contributed by atoms with Gasteiger partial charge in [0.15, 0.2) is 0 Å². The van der Waals surface area contributed by atoms with Crippen molar-refractivity contribution in [2.45, 2.75) is 25.2 Å². The van der Waals surface area contributed by atoms with Gasteiger partial charge in [-0.25, -0.2) is 13.6 Å². The van der Waals surface area contributed by atoms with Crippen LogP contribution in [0.25, 0.3) is 0 Å². The predicted molar refractivity (Wildman–Crippen MR) is 120 cm³/mol. The minimum Gasteiger partial charge on any atom is -0.379 e. The highest BCUT2D eigenvalue weighted by Crippen LogP contribution is 2.27. The highest BCUT2D eigenvalue weighted by Gasteiger charge is 2.19. The molecule has 0 aliphatic rings.